The van der Waals surface area contributed by atoms with Gasteiger partial charge in [-0.15, -0.1) is 0 Å². The van der Waals surface area contributed by atoms with Gasteiger partial charge < -0.3 is 14.8 Å². The Bertz CT molecular complexity index is 722. The van der Waals surface area contributed by atoms with Crippen molar-refractivity contribution in [3.05, 3.63) is 35.1 Å². The molecule has 2 aromatic rings. The van der Waals surface area contributed by atoms with Crippen LogP contribution in [0.5, 0.6) is 0 Å². The second-order valence-electron chi connectivity index (χ2n) is 7.21. The average Bonchev–Trinajstić information content (AvgIpc) is 3.29. The fraction of sp³-hybridized carbons (Fsp3) is 0.579. The highest BCUT2D eigenvalue weighted by Crippen LogP contribution is 2.30. The molecule has 0 unspecified atom stereocenters. The van der Waals surface area contributed by atoms with E-state index in [9.17, 15) is 4.79 Å². The quantitative estimate of drug-likeness (QED) is 0.913. The van der Waals surface area contributed by atoms with E-state index in [1.54, 1.807) is 0 Å². The van der Waals surface area contributed by atoms with E-state index >= 15 is 0 Å². The van der Waals surface area contributed by atoms with Gasteiger partial charge in [-0.2, -0.15) is 0 Å². The lowest BCUT2D eigenvalue weighted by Gasteiger charge is -2.44. The van der Waals surface area contributed by atoms with Crippen LogP contribution < -0.4 is 5.32 Å². The van der Waals surface area contributed by atoms with Gasteiger partial charge in [0.2, 0.25) is 0 Å². The summed E-state index contributed by atoms with van der Waals surface area (Å²) in [4.78, 5) is 20.6. The SMILES string of the molecule is Cc1nc(-n2cccc2)sc1C(=O)NC[C@H]1CCCN2CCCC[C@H]12. The molecule has 2 fully saturated rings. The first-order valence-corrected chi connectivity index (χ1v) is 10.2. The Morgan fingerprint density at radius 3 is 2.88 bits per heavy atom. The maximum absolute atomic E-state index is 12.7. The van der Waals surface area contributed by atoms with E-state index in [0.717, 1.165) is 22.2 Å². The van der Waals surface area contributed by atoms with Crippen molar-refractivity contribution in [1.29, 1.82) is 0 Å². The summed E-state index contributed by atoms with van der Waals surface area (Å²) in [7, 11) is 0. The third kappa shape index (κ3) is 3.51. The maximum Gasteiger partial charge on any atom is 0.263 e. The van der Waals surface area contributed by atoms with Crippen molar-refractivity contribution in [3.8, 4) is 5.13 Å². The second-order valence-corrected chi connectivity index (χ2v) is 8.19. The van der Waals surface area contributed by atoms with Gasteiger partial charge in [-0.1, -0.05) is 17.8 Å². The van der Waals surface area contributed by atoms with Crippen LogP contribution in [0.3, 0.4) is 0 Å². The molecule has 2 aliphatic rings. The van der Waals surface area contributed by atoms with Crippen molar-refractivity contribution in [1.82, 2.24) is 19.8 Å². The fourth-order valence-corrected chi connectivity index (χ4v) is 5.24. The topological polar surface area (TPSA) is 50.2 Å². The monoisotopic (exact) mass is 358 g/mol. The van der Waals surface area contributed by atoms with Crippen LogP contribution in [0.15, 0.2) is 24.5 Å². The highest BCUT2D eigenvalue weighted by molar-refractivity contribution is 7.16. The molecule has 2 aliphatic heterocycles. The lowest BCUT2D eigenvalue weighted by Crippen LogP contribution is -2.50. The van der Waals surface area contributed by atoms with Gasteiger partial charge in [-0.25, -0.2) is 4.98 Å². The summed E-state index contributed by atoms with van der Waals surface area (Å²) in [6.45, 7) is 5.19. The zero-order valence-corrected chi connectivity index (χ0v) is 15.6. The molecule has 6 heteroatoms. The van der Waals surface area contributed by atoms with Gasteiger partial charge >= 0.3 is 0 Å². The molecule has 2 saturated heterocycles. The van der Waals surface area contributed by atoms with Crippen LogP contribution in [0.25, 0.3) is 5.13 Å². The van der Waals surface area contributed by atoms with Crippen molar-refractivity contribution in [2.45, 2.75) is 45.1 Å². The molecule has 2 atom stereocenters. The van der Waals surface area contributed by atoms with E-state index < -0.39 is 0 Å². The number of aryl methyl sites for hydroxylation is 1. The number of carbonyl (C=O) groups excluding carboxylic acids is 1. The van der Waals surface area contributed by atoms with E-state index in [1.807, 2.05) is 36.0 Å². The van der Waals surface area contributed by atoms with E-state index in [0.29, 0.717) is 12.0 Å². The van der Waals surface area contributed by atoms with Crippen LogP contribution in [-0.2, 0) is 0 Å². The summed E-state index contributed by atoms with van der Waals surface area (Å²) in [5.74, 6) is 0.622. The fourth-order valence-electron chi connectivity index (χ4n) is 4.28. The predicted octanol–water partition coefficient (Wildman–Crippen LogP) is 3.24. The summed E-state index contributed by atoms with van der Waals surface area (Å²) in [5.41, 5.74) is 0.814. The van der Waals surface area contributed by atoms with E-state index in [-0.39, 0.29) is 5.91 Å². The molecule has 2 aromatic heterocycles. The minimum Gasteiger partial charge on any atom is -0.351 e. The summed E-state index contributed by atoms with van der Waals surface area (Å²) in [6.07, 6.45) is 10.4. The molecule has 1 N–H and O–H groups in total. The minimum atomic E-state index is 0.0290. The molecule has 134 valence electrons. The average molecular weight is 359 g/mol. The molecule has 0 aliphatic carbocycles. The van der Waals surface area contributed by atoms with Crippen LogP contribution in [0.4, 0.5) is 0 Å². The van der Waals surface area contributed by atoms with Gasteiger partial charge in [0.1, 0.15) is 4.88 Å². The Kier molecular flexibility index (Phi) is 4.90. The van der Waals surface area contributed by atoms with Crippen LogP contribution >= 0.6 is 11.3 Å². The largest absolute Gasteiger partial charge is 0.351 e. The highest BCUT2D eigenvalue weighted by Gasteiger charge is 2.33. The number of amides is 1. The Morgan fingerprint density at radius 1 is 1.24 bits per heavy atom. The normalized spacial score (nSPS) is 24.0. The van der Waals surface area contributed by atoms with Crippen LogP contribution in [0, 0.1) is 12.8 Å². The van der Waals surface area contributed by atoms with Gasteiger partial charge in [-0.3, -0.25) is 4.79 Å². The summed E-state index contributed by atoms with van der Waals surface area (Å²) in [5, 5.41) is 4.05. The molecule has 0 radical (unpaired) electrons. The molecule has 5 nitrogen and oxygen atoms in total. The number of fused-ring (bicyclic) bond motifs is 1. The predicted molar refractivity (Wildman–Crippen MR) is 100 cm³/mol. The first kappa shape index (κ1) is 16.8. The number of piperidine rings is 2. The minimum absolute atomic E-state index is 0.0290. The number of hydrogen-bond donors (Lipinski definition) is 1. The van der Waals surface area contributed by atoms with Crippen molar-refractivity contribution in [2.75, 3.05) is 19.6 Å². The van der Waals surface area contributed by atoms with Crippen molar-refractivity contribution < 1.29 is 4.79 Å². The third-order valence-corrected chi connectivity index (χ3v) is 6.74. The number of nitrogens with zero attached hydrogens (tertiary/aromatic N) is 3. The molecule has 25 heavy (non-hydrogen) atoms. The summed E-state index contributed by atoms with van der Waals surface area (Å²) >= 11 is 1.46. The van der Waals surface area contributed by atoms with Crippen molar-refractivity contribution >= 4 is 17.2 Å². The molecular formula is C19H26N4OS. The van der Waals surface area contributed by atoms with Gasteiger partial charge in [0.05, 0.1) is 5.69 Å². The zero-order chi connectivity index (χ0) is 17.2. The van der Waals surface area contributed by atoms with Gasteiger partial charge in [0.25, 0.3) is 5.91 Å². The third-order valence-electron chi connectivity index (χ3n) is 5.57. The number of nitrogens with one attached hydrogen (secondary N) is 1. The number of thiazole rings is 1. The molecule has 0 bridgehead atoms. The number of rotatable bonds is 4. The molecule has 4 rings (SSSR count). The summed E-state index contributed by atoms with van der Waals surface area (Å²) < 4.78 is 1.95. The Morgan fingerprint density at radius 2 is 2.04 bits per heavy atom. The van der Waals surface area contributed by atoms with E-state index in [4.69, 9.17) is 0 Å². The standard InChI is InChI=1S/C19H26N4OS/c1-14-17(25-19(21-14)23-10-4-5-11-23)18(24)20-13-15-7-6-12-22-9-3-2-8-16(15)22/h4-5,10-11,15-16H,2-3,6-9,12-13H2,1H3,(H,20,24)/t15-,16-/m1/s1. The van der Waals surface area contributed by atoms with Crippen LogP contribution in [0.2, 0.25) is 0 Å². The Hall–Kier alpha value is -1.66. The molecule has 0 aromatic carbocycles. The van der Waals surface area contributed by atoms with Crippen molar-refractivity contribution in [3.63, 3.8) is 0 Å². The van der Waals surface area contributed by atoms with E-state index in [2.05, 4.69) is 15.2 Å². The van der Waals surface area contributed by atoms with E-state index in [1.165, 1.54) is 56.5 Å². The van der Waals surface area contributed by atoms with Crippen molar-refractivity contribution in [2.24, 2.45) is 5.92 Å². The second kappa shape index (κ2) is 7.30. The van der Waals surface area contributed by atoms with Crippen LogP contribution in [0.1, 0.15) is 47.5 Å². The van der Waals surface area contributed by atoms with Gasteiger partial charge in [-0.05, 0) is 63.7 Å². The number of hydrogen-bond acceptors (Lipinski definition) is 4. The highest BCUT2D eigenvalue weighted by atomic mass is 32.1. The van der Waals surface area contributed by atoms with Crippen LogP contribution in [-0.4, -0.2) is 46.0 Å². The molecule has 0 spiro atoms. The molecule has 0 saturated carbocycles. The Balaban J connectivity index is 1.40. The smallest absolute Gasteiger partial charge is 0.263 e. The Labute approximate surface area is 153 Å². The first-order chi connectivity index (χ1) is 12.2. The van der Waals surface area contributed by atoms with Gasteiger partial charge in [0.15, 0.2) is 5.13 Å². The first-order valence-electron chi connectivity index (χ1n) is 9.35. The zero-order valence-electron chi connectivity index (χ0n) is 14.8. The number of aromatic nitrogens is 2. The lowest BCUT2D eigenvalue weighted by atomic mass is 9.83. The molecule has 4 heterocycles. The lowest BCUT2D eigenvalue weighted by molar-refractivity contribution is 0.0576. The summed E-state index contributed by atoms with van der Waals surface area (Å²) in [6, 6.07) is 4.60. The maximum atomic E-state index is 12.7. The molecular weight excluding hydrogens is 332 g/mol. The molecule has 1 amide bonds. The number of carbonyl (C=O) groups is 1. The van der Waals surface area contributed by atoms with Gasteiger partial charge in [0, 0.05) is 25.0 Å².